The van der Waals surface area contributed by atoms with Gasteiger partial charge in [-0.2, -0.15) is 0 Å². The molecule has 1 N–H and O–H groups in total. The Hall–Kier alpha value is -3.21. The lowest BCUT2D eigenvalue weighted by molar-refractivity contribution is 0.0210. The topological polar surface area (TPSA) is 62.9 Å². The first-order valence-electron chi connectivity index (χ1n) is 7.67. The third-order valence-corrected chi connectivity index (χ3v) is 4.68. The van der Waals surface area contributed by atoms with E-state index in [-0.39, 0.29) is 5.56 Å². The normalized spacial score (nSPS) is 23.3. The quantitative estimate of drug-likeness (QED) is 0.871. The fraction of sp³-hybridized carbons (Fsp3) is 0.105. The molecule has 118 valence electrons. The zero-order chi connectivity index (χ0) is 16.3. The van der Waals surface area contributed by atoms with Gasteiger partial charge in [0.2, 0.25) is 5.72 Å². The molecule has 0 aliphatic carbocycles. The molecule has 1 aromatic carbocycles. The van der Waals surface area contributed by atoms with E-state index in [2.05, 4.69) is 11.0 Å². The molecule has 0 fully saturated rings. The molecule has 1 atom stereocenters. The van der Waals surface area contributed by atoms with Crippen molar-refractivity contribution in [2.24, 2.45) is 0 Å². The lowest BCUT2D eigenvalue weighted by Crippen LogP contribution is -2.53. The van der Waals surface area contributed by atoms with Crippen LogP contribution in [0.4, 0.5) is 0 Å². The molecule has 0 saturated carbocycles. The van der Waals surface area contributed by atoms with Crippen molar-refractivity contribution < 1.29 is 19.1 Å². The first-order valence-corrected chi connectivity index (χ1v) is 7.67. The van der Waals surface area contributed by atoms with Crippen molar-refractivity contribution >= 4 is 23.0 Å². The summed E-state index contributed by atoms with van der Waals surface area (Å²) in [6.07, 6.45) is 15.3. The van der Waals surface area contributed by atoms with Gasteiger partial charge in [-0.15, -0.1) is 0 Å². The van der Waals surface area contributed by atoms with Crippen LogP contribution in [0.3, 0.4) is 0 Å². The average Bonchev–Trinajstić information content (AvgIpc) is 3.03. The van der Waals surface area contributed by atoms with Gasteiger partial charge in [-0.3, -0.25) is 0 Å². The van der Waals surface area contributed by atoms with E-state index in [1.165, 1.54) is 6.26 Å². The van der Waals surface area contributed by atoms with Crippen molar-refractivity contribution in [3.05, 3.63) is 71.7 Å². The van der Waals surface area contributed by atoms with Gasteiger partial charge in [0.25, 0.3) is 0 Å². The minimum absolute atomic E-state index is 0.147. The number of hydrogen-bond donors (Lipinski definition) is 1. The molecule has 24 heavy (non-hydrogen) atoms. The van der Waals surface area contributed by atoms with Gasteiger partial charge in [-0.25, -0.2) is 4.79 Å². The van der Waals surface area contributed by atoms with E-state index in [9.17, 15) is 9.90 Å². The number of rotatable bonds is 1. The van der Waals surface area contributed by atoms with E-state index in [1.54, 1.807) is 6.07 Å². The van der Waals surface area contributed by atoms with Gasteiger partial charge >= 0.3 is 5.97 Å². The van der Waals surface area contributed by atoms with E-state index in [0.29, 0.717) is 16.7 Å². The second-order valence-corrected chi connectivity index (χ2v) is 5.96. The molecule has 1 unspecified atom stereocenters. The van der Waals surface area contributed by atoms with Crippen LogP contribution in [0.25, 0.3) is 17.0 Å². The summed E-state index contributed by atoms with van der Waals surface area (Å²) < 4.78 is 11.8. The molecule has 1 spiro atoms. The molecule has 0 bridgehead atoms. The summed E-state index contributed by atoms with van der Waals surface area (Å²) in [6, 6.07) is 3.58. The van der Waals surface area contributed by atoms with Crippen LogP contribution in [-0.2, 0) is 0 Å². The maximum absolute atomic E-state index is 11.5. The second kappa shape index (κ2) is 4.41. The van der Waals surface area contributed by atoms with Gasteiger partial charge in [0.05, 0.1) is 0 Å². The molecule has 0 radical (unpaired) electrons. The van der Waals surface area contributed by atoms with E-state index in [1.807, 2.05) is 42.6 Å². The SMILES string of the molecule is O=C(O)c1coc2ccc3c(c12)C=C1C=CCN2C=CC=CC12O3. The number of benzene rings is 1. The first kappa shape index (κ1) is 13.2. The minimum atomic E-state index is -1.01. The van der Waals surface area contributed by atoms with Crippen LogP contribution < -0.4 is 4.74 Å². The summed E-state index contributed by atoms with van der Waals surface area (Å²) in [6.45, 7) is 0.752. The van der Waals surface area contributed by atoms with Crippen molar-refractivity contribution in [3.63, 3.8) is 0 Å². The highest BCUT2D eigenvalue weighted by Crippen LogP contribution is 2.45. The van der Waals surface area contributed by atoms with E-state index in [0.717, 1.165) is 17.7 Å². The minimum Gasteiger partial charge on any atom is -0.478 e. The van der Waals surface area contributed by atoms with Crippen molar-refractivity contribution in [1.82, 2.24) is 4.90 Å². The largest absolute Gasteiger partial charge is 0.478 e. The zero-order valence-corrected chi connectivity index (χ0v) is 12.6. The zero-order valence-electron chi connectivity index (χ0n) is 12.6. The molecule has 5 rings (SSSR count). The number of fused-ring (bicyclic) bond motifs is 3. The Labute approximate surface area is 137 Å². The second-order valence-electron chi connectivity index (χ2n) is 5.96. The van der Waals surface area contributed by atoms with Crippen molar-refractivity contribution in [2.75, 3.05) is 6.54 Å². The third kappa shape index (κ3) is 1.56. The van der Waals surface area contributed by atoms with Gasteiger partial charge in [0, 0.05) is 29.3 Å². The Bertz CT molecular complexity index is 1010. The van der Waals surface area contributed by atoms with Crippen molar-refractivity contribution in [1.29, 1.82) is 0 Å². The van der Waals surface area contributed by atoms with Gasteiger partial charge in [0.15, 0.2) is 0 Å². The molecule has 1 aromatic heterocycles. The fourth-order valence-corrected chi connectivity index (χ4v) is 3.57. The van der Waals surface area contributed by atoms with Gasteiger partial charge in [-0.1, -0.05) is 18.2 Å². The molecule has 3 aliphatic heterocycles. The summed E-state index contributed by atoms with van der Waals surface area (Å²) in [4.78, 5) is 13.6. The lowest BCUT2D eigenvalue weighted by atomic mass is 9.89. The van der Waals surface area contributed by atoms with Gasteiger partial charge in [0.1, 0.15) is 23.2 Å². The van der Waals surface area contributed by atoms with Crippen molar-refractivity contribution in [3.8, 4) is 5.75 Å². The number of furan rings is 1. The summed E-state index contributed by atoms with van der Waals surface area (Å²) in [7, 11) is 0. The maximum atomic E-state index is 11.5. The smallest absolute Gasteiger partial charge is 0.339 e. The van der Waals surface area contributed by atoms with E-state index in [4.69, 9.17) is 9.15 Å². The van der Waals surface area contributed by atoms with Crippen LogP contribution in [0.1, 0.15) is 15.9 Å². The fourth-order valence-electron chi connectivity index (χ4n) is 3.57. The summed E-state index contributed by atoms with van der Waals surface area (Å²) in [5, 5.41) is 10.0. The first-order chi connectivity index (χ1) is 11.7. The highest BCUT2D eigenvalue weighted by molar-refractivity contribution is 6.07. The molecular weight excluding hydrogens is 306 g/mol. The molecule has 5 nitrogen and oxygen atoms in total. The highest BCUT2D eigenvalue weighted by Gasteiger charge is 2.43. The number of carbonyl (C=O) groups is 1. The van der Waals surface area contributed by atoms with Crippen LogP contribution >= 0.6 is 0 Å². The van der Waals surface area contributed by atoms with Crippen molar-refractivity contribution in [2.45, 2.75) is 5.72 Å². The number of aromatic carboxylic acids is 1. The number of ether oxygens (including phenoxy) is 1. The highest BCUT2D eigenvalue weighted by atomic mass is 16.5. The molecule has 5 heteroatoms. The molecular formula is C19H13NO4. The van der Waals surface area contributed by atoms with E-state index < -0.39 is 11.7 Å². The number of carboxylic acid groups (broad SMARTS) is 1. The predicted molar refractivity (Wildman–Crippen MR) is 88.6 cm³/mol. The lowest BCUT2D eigenvalue weighted by Gasteiger charge is -2.47. The summed E-state index contributed by atoms with van der Waals surface area (Å²) in [5.41, 5.74) is 1.73. The molecule has 0 saturated heterocycles. The number of allylic oxidation sites excluding steroid dienone is 2. The monoisotopic (exact) mass is 319 g/mol. The standard InChI is InChI=1S/C19H13NO4/c21-18(22)14-11-23-16-6-5-15-13(17(14)16)10-12-4-3-9-20-8-2-1-7-19(12,20)24-15/h1-8,10-11H,9H2,(H,21,22). The Morgan fingerprint density at radius 1 is 1.29 bits per heavy atom. The Morgan fingerprint density at radius 3 is 3.08 bits per heavy atom. The van der Waals surface area contributed by atoms with Gasteiger partial charge < -0.3 is 19.2 Å². The molecule has 3 aliphatic rings. The predicted octanol–water partition coefficient (Wildman–Crippen LogP) is 3.56. The van der Waals surface area contributed by atoms with Gasteiger partial charge in [-0.05, 0) is 30.4 Å². The Balaban J connectivity index is 1.80. The number of carboxylic acids is 1. The number of nitrogens with zero attached hydrogens (tertiary/aromatic N) is 1. The third-order valence-electron chi connectivity index (χ3n) is 4.68. The number of hydrogen-bond acceptors (Lipinski definition) is 4. The molecule has 4 heterocycles. The van der Waals surface area contributed by atoms with E-state index >= 15 is 0 Å². The van der Waals surface area contributed by atoms with Crippen LogP contribution in [0.15, 0.2) is 65.0 Å². The average molecular weight is 319 g/mol. The molecule has 2 aromatic rings. The van der Waals surface area contributed by atoms with Crippen LogP contribution in [0.5, 0.6) is 5.75 Å². The summed E-state index contributed by atoms with van der Waals surface area (Å²) in [5.74, 6) is -0.363. The Kier molecular flexibility index (Phi) is 2.44. The Morgan fingerprint density at radius 2 is 2.21 bits per heavy atom. The summed E-state index contributed by atoms with van der Waals surface area (Å²) >= 11 is 0. The van der Waals surface area contributed by atoms with Crippen LogP contribution in [-0.4, -0.2) is 28.2 Å². The van der Waals surface area contributed by atoms with Crippen LogP contribution in [0.2, 0.25) is 0 Å². The molecule has 0 amide bonds. The maximum Gasteiger partial charge on any atom is 0.339 e. The van der Waals surface area contributed by atoms with Crippen LogP contribution in [0, 0.1) is 0 Å².